The van der Waals surface area contributed by atoms with Crippen LogP contribution in [-0.4, -0.2) is 14.1 Å². The average Bonchev–Trinajstić information content (AvgIpc) is 2.82. The number of anilines is 1. The van der Waals surface area contributed by atoms with Gasteiger partial charge in [-0.05, 0) is 42.9 Å². The molecule has 0 fully saturated rings. The molecular formula is C14H17BrN2O. The first-order valence-electron chi connectivity index (χ1n) is 5.87. The van der Waals surface area contributed by atoms with Gasteiger partial charge in [0.2, 0.25) is 0 Å². The first-order valence-corrected chi connectivity index (χ1v) is 6.66. The molecule has 0 saturated heterocycles. The van der Waals surface area contributed by atoms with Crippen LogP contribution in [0.1, 0.15) is 11.3 Å². The van der Waals surface area contributed by atoms with Crippen molar-refractivity contribution in [3.63, 3.8) is 0 Å². The van der Waals surface area contributed by atoms with Gasteiger partial charge < -0.3 is 14.6 Å². The highest BCUT2D eigenvalue weighted by molar-refractivity contribution is 9.10. The maximum absolute atomic E-state index is 5.38. The van der Waals surface area contributed by atoms with Gasteiger partial charge in [0, 0.05) is 23.8 Å². The van der Waals surface area contributed by atoms with Crippen LogP contribution in [-0.2, 0) is 13.1 Å². The van der Waals surface area contributed by atoms with Crippen molar-refractivity contribution >= 4 is 21.6 Å². The highest BCUT2D eigenvalue weighted by atomic mass is 79.9. The zero-order valence-electron chi connectivity index (χ0n) is 10.6. The summed E-state index contributed by atoms with van der Waals surface area (Å²) in [6.07, 6.45) is 1.71. The molecule has 1 aromatic carbocycles. The van der Waals surface area contributed by atoms with Gasteiger partial charge in [-0.1, -0.05) is 15.9 Å². The fourth-order valence-corrected chi connectivity index (χ4v) is 2.39. The minimum atomic E-state index is 0.769. The van der Waals surface area contributed by atoms with Crippen molar-refractivity contribution in [2.45, 2.75) is 13.1 Å². The number of furan rings is 1. The fraction of sp³-hybridized carbons (Fsp3) is 0.286. The van der Waals surface area contributed by atoms with Crippen molar-refractivity contribution in [3.05, 3.63) is 52.4 Å². The topological polar surface area (TPSA) is 28.4 Å². The molecule has 1 N–H and O–H groups in total. The standard InChI is InChI=1S/C14H17BrN2O/c1-16-9-11-8-12(15)5-6-14(11)17(2)10-13-4-3-7-18-13/h3-8,16H,9-10H2,1-2H3. The lowest BCUT2D eigenvalue weighted by Crippen LogP contribution is -2.19. The molecule has 0 atom stereocenters. The van der Waals surface area contributed by atoms with E-state index in [-0.39, 0.29) is 0 Å². The normalized spacial score (nSPS) is 10.6. The summed E-state index contributed by atoms with van der Waals surface area (Å²) in [5.74, 6) is 0.968. The number of hydrogen-bond acceptors (Lipinski definition) is 3. The van der Waals surface area contributed by atoms with Crippen LogP contribution < -0.4 is 10.2 Å². The maximum atomic E-state index is 5.38. The zero-order chi connectivity index (χ0) is 13.0. The Labute approximate surface area is 116 Å². The highest BCUT2D eigenvalue weighted by Gasteiger charge is 2.09. The van der Waals surface area contributed by atoms with E-state index in [1.807, 2.05) is 19.2 Å². The van der Waals surface area contributed by atoms with Crippen LogP contribution in [0, 0.1) is 0 Å². The van der Waals surface area contributed by atoms with E-state index in [0.29, 0.717) is 0 Å². The van der Waals surface area contributed by atoms with Gasteiger partial charge in [-0.2, -0.15) is 0 Å². The number of nitrogens with zero attached hydrogens (tertiary/aromatic N) is 1. The summed E-state index contributed by atoms with van der Waals surface area (Å²) >= 11 is 3.51. The monoisotopic (exact) mass is 308 g/mol. The second-order valence-electron chi connectivity index (χ2n) is 4.24. The van der Waals surface area contributed by atoms with Crippen LogP contribution in [0.3, 0.4) is 0 Å². The predicted molar refractivity (Wildman–Crippen MR) is 77.7 cm³/mol. The van der Waals surface area contributed by atoms with Crippen LogP contribution in [0.4, 0.5) is 5.69 Å². The smallest absolute Gasteiger partial charge is 0.123 e. The van der Waals surface area contributed by atoms with Crippen molar-refractivity contribution in [2.24, 2.45) is 0 Å². The summed E-state index contributed by atoms with van der Waals surface area (Å²) < 4.78 is 6.48. The lowest BCUT2D eigenvalue weighted by atomic mass is 10.1. The Morgan fingerprint density at radius 1 is 1.33 bits per heavy atom. The van der Waals surface area contributed by atoms with E-state index < -0.39 is 0 Å². The zero-order valence-corrected chi connectivity index (χ0v) is 12.2. The quantitative estimate of drug-likeness (QED) is 0.917. The summed E-state index contributed by atoms with van der Waals surface area (Å²) in [4.78, 5) is 2.19. The molecule has 4 heteroatoms. The van der Waals surface area contributed by atoms with Gasteiger partial charge in [-0.3, -0.25) is 0 Å². The predicted octanol–water partition coefficient (Wildman–Crippen LogP) is 3.40. The van der Waals surface area contributed by atoms with Crippen molar-refractivity contribution in [1.29, 1.82) is 0 Å². The summed E-state index contributed by atoms with van der Waals surface area (Å²) in [6, 6.07) is 10.2. The average molecular weight is 309 g/mol. The van der Waals surface area contributed by atoms with Crippen LogP contribution in [0.25, 0.3) is 0 Å². The molecule has 96 valence electrons. The van der Waals surface area contributed by atoms with Gasteiger partial charge in [0.15, 0.2) is 0 Å². The Morgan fingerprint density at radius 3 is 2.83 bits per heavy atom. The molecule has 0 saturated carbocycles. The van der Waals surface area contributed by atoms with Crippen LogP contribution in [0.2, 0.25) is 0 Å². The molecule has 0 aliphatic heterocycles. The van der Waals surface area contributed by atoms with Crippen molar-refractivity contribution < 1.29 is 4.42 Å². The molecule has 0 aliphatic rings. The lowest BCUT2D eigenvalue weighted by Gasteiger charge is -2.21. The molecule has 1 aromatic heterocycles. The van der Waals surface area contributed by atoms with Crippen LogP contribution >= 0.6 is 15.9 Å². The van der Waals surface area contributed by atoms with Gasteiger partial charge in [0.1, 0.15) is 5.76 Å². The van der Waals surface area contributed by atoms with E-state index in [0.717, 1.165) is 23.3 Å². The Hall–Kier alpha value is -1.26. The van der Waals surface area contributed by atoms with E-state index in [4.69, 9.17) is 4.42 Å². The van der Waals surface area contributed by atoms with Gasteiger partial charge >= 0.3 is 0 Å². The number of nitrogens with one attached hydrogen (secondary N) is 1. The number of halogens is 1. The van der Waals surface area contributed by atoms with Crippen LogP contribution in [0.5, 0.6) is 0 Å². The third-order valence-corrected chi connectivity index (χ3v) is 3.29. The molecule has 2 rings (SSSR count). The van der Waals surface area contributed by atoms with E-state index in [1.54, 1.807) is 6.26 Å². The second kappa shape index (κ2) is 6.07. The Morgan fingerprint density at radius 2 is 2.17 bits per heavy atom. The highest BCUT2D eigenvalue weighted by Crippen LogP contribution is 2.25. The Bertz CT molecular complexity index is 497. The minimum Gasteiger partial charge on any atom is -0.467 e. The Kier molecular flexibility index (Phi) is 4.44. The first kappa shape index (κ1) is 13.2. The Balaban J connectivity index is 2.20. The molecule has 0 aliphatic carbocycles. The van der Waals surface area contributed by atoms with E-state index in [2.05, 4.69) is 51.4 Å². The third kappa shape index (κ3) is 3.15. The SMILES string of the molecule is CNCc1cc(Br)ccc1N(C)Cc1ccco1. The second-order valence-corrected chi connectivity index (χ2v) is 5.15. The molecule has 0 unspecified atom stereocenters. The van der Waals surface area contributed by atoms with E-state index in [9.17, 15) is 0 Å². The van der Waals surface area contributed by atoms with Gasteiger partial charge in [0.05, 0.1) is 12.8 Å². The number of rotatable bonds is 5. The molecule has 18 heavy (non-hydrogen) atoms. The largest absolute Gasteiger partial charge is 0.467 e. The summed E-state index contributed by atoms with van der Waals surface area (Å²) in [6.45, 7) is 1.61. The van der Waals surface area contributed by atoms with Crippen molar-refractivity contribution in [1.82, 2.24) is 5.32 Å². The molecule has 0 bridgehead atoms. The maximum Gasteiger partial charge on any atom is 0.123 e. The van der Waals surface area contributed by atoms with Gasteiger partial charge in [0.25, 0.3) is 0 Å². The van der Waals surface area contributed by atoms with Gasteiger partial charge in [-0.15, -0.1) is 0 Å². The molecule has 0 amide bonds. The summed E-state index contributed by atoms with van der Waals surface area (Å²) in [5, 5.41) is 3.19. The molecule has 1 heterocycles. The molecule has 2 aromatic rings. The fourth-order valence-electron chi connectivity index (χ4n) is 1.98. The molecular weight excluding hydrogens is 292 g/mol. The van der Waals surface area contributed by atoms with Crippen LogP contribution in [0.15, 0.2) is 45.5 Å². The first-order chi connectivity index (χ1) is 8.70. The number of benzene rings is 1. The lowest BCUT2D eigenvalue weighted by molar-refractivity contribution is 0.507. The van der Waals surface area contributed by atoms with E-state index >= 15 is 0 Å². The number of hydrogen-bond donors (Lipinski definition) is 1. The van der Waals surface area contributed by atoms with Crippen molar-refractivity contribution in [2.75, 3.05) is 19.0 Å². The summed E-state index contributed by atoms with van der Waals surface area (Å²) in [5.41, 5.74) is 2.48. The molecule has 0 spiro atoms. The van der Waals surface area contributed by atoms with E-state index in [1.165, 1.54) is 11.3 Å². The van der Waals surface area contributed by atoms with Crippen molar-refractivity contribution in [3.8, 4) is 0 Å². The molecule has 3 nitrogen and oxygen atoms in total. The molecule has 0 radical (unpaired) electrons. The third-order valence-electron chi connectivity index (χ3n) is 2.79. The summed E-state index contributed by atoms with van der Waals surface area (Å²) in [7, 11) is 4.03. The van der Waals surface area contributed by atoms with Gasteiger partial charge in [-0.25, -0.2) is 0 Å². The minimum absolute atomic E-state index is 0.769.